The Labute approximate surface area is 138 Å². The number of hydrogen-bond donors (Lipinski definition) is 2. The lowest BCUT2D eigenvalue weighted by atomic mass is 9.96. The molecule has 1 amide bonds. The fourth-order valence-corrected chi connectivity index (χ4v) is 3.47. The van der Waals surface area contributed by atoms with E-state index in [-0.39, 0.29) is 17.6 Å². The summed E-state index contributed by atoms with van der Waals surface area (Å²) in [6.45, 7) is 2.58. The van der Waals surface area contributed by atoms with Crippen LogP contribution in [0.3, 0.4) is 0 Å². The largest absolute Gasteiger partial charge is 0.375 e. The van der Waals surface area contributed by atoms with Crippen molar-refractivity contribution in [2.75, 3.05) is 24.1 Å². The molecule has 0 saturated carbocycles. The van der Waals surface area contributed by atoms with Crippen molar-refractivity contribution in [3.63, 3.8) is 0 Å². The van der Waals surface area contributed by atoms with Gasteiger partial charge in [-0.2, -0.15) is 0 Å². The minimum Gasteiger partial charge on any atom is -0.375 e. The van der Waals surface area contributed by atoms with Gasteiger partial charge >= 0.3 is 0 Å². The Kier molecular flexibility index (Phi) is 4.88. The number of hydrogen-bond acceptors (Lipinski definition) is 5. The Morgan fingerprint density at radius 1 is 1.35 bits per heavy atom. The van der Waals surface area contributed by atoms with Gasteiger partial charge in [0.15, 0.2) is 5.13 Å². The van der Waals surface area contributed by atoms with Crippen molar-refractivity contribution in [2.24, 2.45) is 5.92 Å². The minimum atomic E-state index is -0.306. The molecule has 0 spiro atoms. The standard InChI is InChI=1S/C16H19FN4OS/c17-12-1-3-13(4-2-12)20-15(22)11-5-7-21(8-6-11)10-14-9-19-16(18)23-14/h1-4,9,11H,5-8,10H2,(H2,18,19)(H,20,22). The highest BCUT2D eigenvalue weighted by Gasteiger charge is 2.25. The third-order valence-electron chi connectivity index (χ3n) is 4.02. The van der Waals surface area contributed by atoms with Crippen LogP contribution in [0.15, 0.2) is 30.5 Å². The SMILES string of the molecule is Nc1ncc(CN2CCC(C(=O)Nc3ccc(F)cc3)CC2)s1. The molecule has 1 fully saturated rings. The normalized spacial score (nSPS) is 16.4. The number of nitrogens with one attached hydrogen (secondary N) is 1. The number of carbonyl (C=O) groups excluding carboxylic acids is 1. The van der Waals surface area contributed by atoms with E-state index in [1.54, 1.807) is 12.1 Å². The Balaban J connectivity index is 1.48. The molecule has 5 nitrogen and oxygen atoms in total. The predicted octanol–water partition coefficient (Wildman–Crippen LogP) is 2.72. The first-order valence-electron chi connectivity index (χ1n) is 7.59. The van der Waals surface area contributed by atoms with Gasteiger partial charge in [0, 0.05) is 29.2 Å². The monoisotopic (exact) mass is 334 g/mol. The van der Waals surface area contributed by atoms with E-state index in [2.05, 4.69) is 15.2 Å². The highest BCUT2D eigenvalue weighted by Crippen LogP contribution is 2.23. The number of thiazole rings is 1. The van der Waals surface area contributed by atoms with E-state index in [0.29, 0.717) is 10.8 Å². The molecule has 0 bridgehead atoms. The van der Waals surface area contributed by atoms with Gasteiger partial charge in [-0.05, 0) is 50.2 Å². The third-order valence-corrected chi connectivity index (χ3v) is 4.83. The van der Waals surface area contributed by atoms with E-state index < -0.39 is 0 Å². The van der Waals surface area contributed by atoms with Crippen LogP contribution >= 0.6 is 11.3 Å². The molecule has 1 aromatic carbocycles. The number of benzene rings is 1. The van der Waals surface area contributed by atoms with E-state index in [1.165, 1.54) is 23.5 Å². The summed E-state index contributed by atoms with van der Waals surface area (Å²) in [5.74, 6) is -0.291. The van der Waals surface area contributed by atoms with E-state index >= 15 is 0 Å². The van der Waals surface area contributed by atoms with Gasteiger partial charge in [0.1, 0.15) is 5.82 Å². The van der Waals surface area contributed by atoms with Crippen molar-refractivity contribution < 1.29 is 9.18 Å². The second-order valence-electron chi connectivity index (χ2n) is 5.71. The number of likely N-dealkylation sites (tertiary alicyclic amines) is 1. The number of piperidine rings is 1. The van der Waals surface area contributed by atoms with Crippen LogP contribution in [0.25, 0.3) is 0 Å². The summed E-state index contributed by atoms with van der Waals surface area (Å²) in [5.41, 5.74) is 6.28. The number of aromatic nitrogens is 1. The van der Waals surface area contributed by atoms with Crippen LogP contribution in [0.5, 0.6) is 0 Å². The van der Waals surface area contributed by atoms with Crippen LogP contribution in [0.2, 0.25) is 0 Å². The fraction of sp³-hybridized carbons (Fsp3) is 0.375. The number of nitrogen functional groups attached to an aromatic ring is 1. The molecule has 3 N–H and O–H groups in total. The predicted molar refractivity (Wildman–Crippen MR) is 89.6 cm³/mol. The van der Waals surface area contributed by atoms with Gasteiger partial charge in [0.2, 0.25) is 5.91 Å². The smallest absolute Gasteiger partial charge is 0.227 e. The molecule has 2 aromatic rings. The highest BCUT2D eigenvalue weighted by atomic mass is 32.1. The summed E-state index contributed by atoms with van der Waals surface area (Å²) in [5, 5.41) is 3.45. The van der Waals surface area contributed by atoms with Crippen molar-refractivity contribution in [1.29, 1.82) is 0 Å². The maximum atomic E-state index is 12.9. The van der Waals surface area contributed by atoms with Gasteiger partial charge in [-0.25, -0.2) is 9.37 Å². The van der Waals surface area contributed by atoms with Crippen LogP contribution in [-0.2, 0) is 11.3 Å². The maximum Gasteiger partial charge on any atom is 0.227 e. The topological polar surface area (TPSA) is 71.2 Å². The van der Waals surface area contributed by atoms with Crippen molar-refractivity contribution in [3.8, 4) is 0 Å². The molecule has 3 rings (SSSR count). The van der Waals surface area contributed by atoms with E-state index in [4.69, 9.17) is 5.73 Å². The molecule has 122 valence electrons. The van der Waals surface area contributed by atoms with E-state index in [1.807, 2.05) is 6.20 Å². The number of halogens is 1. The maximum absolute atomic E-state index is 12.9. The van der Waals surface area contributed by atoms with Crippen LogP contribution in [0.1, 0.15) is 17.7 Å². The lowest BCUT2D eigenvalue weighted by Crippen LogP contribution is -2.37. The Hall–Kier alpha value is -1.99. The Morgan fingerprint density at radius 2 is 2.04 bits per heavy atom. The summed E-state index contributed by atoms with van der Waals surface area (Å²) in [4.78, 5) is 19.8. The van der Waals surface area contributed by atoms with Crippen LogP contribution < -0.4 is 11.1 Å². The van der Waals surface area contributed by atoms with Gasteiger partial charge in [0.25, 0.3) is 0 Å². The number of nitrogens with two attached hydrogens (primary N) is 1. The van der Waals surface area contributed by atoms with Crippen molar-refractivity contribution in [3.05, 3.63) is 41.2 Å². The fourth-order valence-electron chi connectivity index (χ4n) is 2.75. The molecule has 1 aromatic heterocycles. The Bertz CT molecular complexity index is 665. The Morgan fingerprint density at radius 3 is 2.65 bits per heavy atom. The van der Waals surface area contributed by atoms with Gasteiger partial charge in [-0.15, -0.1) is 11.3 Å². The average Bonchev–Trinajstić information content (AvgIpc) is 2.95. The molecule has 7 heteroatoms. The molecule has 0 radical (unpaired) electrons. The first-order valence-corrected chi connectivity index (χ1v) is 8.41. The molecule has 0 unspecified atom stereocenters. The van der Waals surface area contributed by atoms with E-state index in [9.17, 15) is 9.18 Å². The molecule has 1 aliphatic rings. The van der Waals surface area contributed by atoms with Gasteiger partial charge < -0.3 is 11.1 Å². The lowest BCUT2D eigenvalue weighted by Gasteiger charge is -2.30. The number of carbonyl (C=O) groups is 1. The highest BCUT2D eigenvalue weighted by molar-refractivity contribution is 7.15. The zero-order valence-corrected chi connectivity index (χ0v) is 13.5. The van der Waals surface area contributed by atoms with Gasteiger partial charge in [-0.3, -0.25) is 9.69 Å². The molecule has 0 aliphatic carbocycles. The average molecular weight is 334 g/mol. The summed E-state index contributed by atoms with van der Waals surface area (Å²) >= 11 is 1.51. The molecule has 23 heavy (non-hydrogen) atoms. The molecule has 1 saturated heterocycles. The van der Waals surface area contributed by atoms with Gasteiger partial charge in [0.05, 0.1) is 0 Å². The summed E-state index contributed by atoms with van der Waals surface area (Å²) < 4.78 is 12.9. The summed E-state index contributed by atoms with van der Waals surface area (Å²) in [7, 11) is 0. The zero-order chi connectivity index (χ0) is 16.2. The third kappa shape index (κ3) is 4.27. The molecule has 1 aliphatic heterocycles. The van der Waals surface area contributed by atoms with Gasteiger partial charge in [-0.1, -0.05) is 0 Å². The summed E-state index contributed by atoms with van der Waals surface area (Å²) in [6.07, 6.45) is 3.45. The zero-order valence-electron chi connectivity index (χ0n) is 12.7. The lowest BCUT2D eigenvalue weighted by molar-refractivity contribution is -0.121. The second-order valence-corrected chi connectivity index (χ2v) is 6.86. The first-order chi connectivity index (χ1) is 11.1. The van der Waals surface area contributed by atoms with Crippen LogP contribution in [0.4, 0.5) is 15.2 Å². The number of nitrogens with zero attached hydrogens (tertiary/aromatic N) is 2. The van der Waals surface area contributed by atoms with Crippen LogP contribution in [0, 0.1) is 11.7 Å². The second kappa shape index (κ2) is 7.06. The molecular weight excluding hydrogens is 315 g/mol. The van der Waals surface area contributed by atoms with Crippen molar-refractivity contribution >= 4 is 28.1 Å². The number of anilines is 2. The quantitative estimate of drug-likeness (QED) is 0.902. The first kappa shape index (κ1) is 15.9. The number of rotatable bonds is 4. The van der Waals surface area contributed by atoms with E-state index in [0.717, 1.165) is 37.4 Å². The van der Waals surface area contributed by atoms with Crippen LogP contribution in [-0.4, -0.2) is 28.9 Å². The van der Waals surface area contributed by atoms with Crippen molar-refractivity contribution in [1.82, 2.24) is 9.88 Å². The van der Waals surface area contributed by atoms with Crippen molar-refractivity contribution in [2.45, 2.75) is 19.4 Å². The molecule has 2 heterocycles. The molecule has 0 atom stereocenters. The molecular formula is C16H19FN4OS. The summed E-state index contributed by atoms with van der Waals surface area (Å²) in [6, 6.07) is 5.85. The number of amides is 1. The minimum absolute atomic E-state index is 0.00262.